The SMILES string of the molecule is CNC(Cc1nc2ccccc2s1)C1(C)CCCC1. The Hall–Kier alpha value is -0.930. The molecular weight excluding hydrogens is 252 g/mol. The van der Waals surface area contributed by atoms with Gasteiger partial charge in [0.25, 0.3) is 0 Å². The standard InChI is InChI=1S/C16H22N2S/c1-16(9-5-6-10-16)14(17-2)11-15-18-12-7-3-4-8-13(12)19-15/h3-4,7-8,14,17H,5-6,9-11H2,1-2H3. The number of benzene rings is 1. The van der Waals surface area contributed by atoms with Crippen LogP contribution in [0.1, 0.15) is 37.6 Å². The molecule has 1 aromatic carbocycles. The van der Waals surface area contributed by atoms with E-state index in [2.05, 4.69) is 43.6 Å². The summed E-state index contributed by atoms with van der Waals surface area (Å²) in [7, 11) is 2.10. The summed E-state index contributed by atoms with van der Waals surface area (Å²) < 4.78 is 1.31. The van der Waals surface area contributed by atoms with E-state index < -0.39 is 0 Å². The maximum absolute atomic E-state index is 4.78. The minimum Gasteiger partial charge on any atom is -0.316 e. The molecule has 0 amide bonds. The Morgan fingerprint density at radius 1 is 1.32 bits per heavy atom. The van der Waals surface area contributed by atoms with Gasteiger partial charge in [-0.05, 0) is 37.4 Å². The summed E-state index contributed by atoms with van der Waals surface area (Å²) in [6.07, 6.45) is 6.53. The van der Waals surface area contributed by atoms with Crippen molar-refractivity contribution in [1.29, 1.82) is 0 Å². The molecule has 1 heterocycles. The summed E-state index contributed by atoms with van der Waals surface area (Å²) >= 11 is 1.85. The van der Waals surface area contributed by atoms with Crippen LogP contribution in [0.4, 0.5) is 0 Å². The summed E-state index contributed by atoms with van der Waals surface area (Å²) in [5.74, 6) is 0. The number of nitrogens with zero attached hydrogens (tertiary/aromatic N) is 1. The predicted molar refractivity (Wildman–Crippen MR) is 82.7 cm³/mol. The summed E-state index contributed by atoms with van der Waals surface area (Å²) in [5, 5.41) is 4.82. The second kappa shape index (κ2) is 5.22. The van der Waals surface area contributed by atoms with Crippen LogP contribution in [0, 0.1) is 5.41 Å². The van der Waals surface area contributed by atoms with Crippen molar-refractivity contribution in [3.63, 3.8) is 0 Å². The zero-order valence-electron chi connectivity index (χ0n) is 11.8. The average Bonchev–Trinajstić information content (AvgIpc) is 3.02. The minimum atomic E-state index is 0.451. The molecule has 2 aromatic rings. The molecule has 1 fully saturated rings. The first-order valence-corrected chi connectivity index (χ1v) is 8.05. The van der Waals surface area contributed by atoms with Gasteiger partial charge in [-0.25, -0.2) is 4.98 Å². The topological polar surface area (TPSA) is 24.9 Å². The average molecular weight is 274 g/mol. The molecule has 1 aromatic heterocycles. The number of likely N-dealkylation sites (N-methyl/N-ethyl adjacent to an activating group) is 1. The summed E-state index contributed by atoms with van der Waals surface area (Å²) in [6.45, 7) is 2.44. The first kappa shape index (κ1) is 13.1. The van der Waals surface area contributed by atoms with E-state index in [1.807, 2.05) is 11.3 Å². The molecule has 1 saturated carbocycles. The van der Waals surface area contributed by atoms with Gasteiger partial charge in [0.05, 0.1) is 15.2 Å². The Kier molecular flexibility index (Phi) is 3.59. The van der Waals surface area contributed by atoms with Gasteiger partial charge in [0, 0.05) is 12.5 Å². The number of hydrogen-bond acceptors (Lipinski definition) is 3. The first-order valence-electron chi connectivity index (χ1n) is 7.23. The van der Waals surface area contributed by atoms with E-state index in [4.69, 9.17) is 4.98 Å². The fourth-order valence-electron chi connectivity index (χ4n) is 3.41. The van der Waals surface area contributed by atoms with E-state index in [1.165, 1.54) is 35.4 Å². The zero-order valence-corrected chi connectivity index (χ0v) is 12.6. The second-order valence-electron chi connectivity index (χ2n) is 5.98. The fraction of sp³-hybridized carbons (Fsp3) is 0.562. The third-order valence-electron chi connectivity index (χ3n) is 4.65. The van der Waals surface area contributed by atoms with E-state index >= 15 is 0 Å². The lowest BCUT2D eigenvalue weighted by Gasteiger charge is -2.33. The summed E-state index contributed by atoms with van der Waals surface area (Å²) in [5.41, 5.74) is 1.60. The van der Waals surface area contributed by atoms with Crippen molar-refractivity contribution in [1.82, 2.24) is 10.3 Å². The number of nitrogens with one attached hydrogen (secondary N) is 1. The Morgan fingerprint density at radius 2 is 2.05 bits per heavy atom. The van der Waals surface area contributed by atoms with Crippen molar-refractivity contribution in [3.8, 4) is 0 Å². The van der Waals surface area contributed by atoms with Gasteiger partial charge in [0.15, 0.2) is 0 Å². The summed E-state index contributed by atoms with van der Waals surface area (Å²) in [4.78, 5) is 4.78. The molecule has 0 spiro atoms. The van der Waals surface area contributed by atoms with Crippen LogP contribution in [-0.2, 0) is 6.42 Å². The smallest absolute Gasteiger partial charge is 0.0954 e. The molecule has 102 valence electrons. The number of rotatable bonds is 4. The van der Waals surface area contributed by atoms with Gasteiger partial charge in [0.2, 0.25) is 0 Å². The minimum absolute atomic E-state index is 0.451. The van der Waals surface area contributed by atoms with Crippen molar-refractivity contribution < 1.29 is 0 Å². The highest BCUT2D eigenvalue weighted by Gasteiger charge is 2.36. The van der Waals surface area contributed by atoms with E-state index in [0.717, 1.165) is 11.9 Å². The molecule has 3 rings (SSSR count). The highest BCUT2D eigenvalue weighted by Crippen LogP contribution is 2.41. The van der Waals surface area contributed by atoms with Crippen LogP contribution >= 0.6 is 11.3 Å². The molecule has 2 nitrogen and oxygen atoms in total. The third kappa shape index (κ3) is 2.54. The van der Waals surface area contributed by atoms with Gasteiger partial charge >= 0.3 is 0 Å². The van der Waals surface area contributed by atoms with Crippen LogP contribution in [0.15, 0.2) is 24.3 Å². The Morgan fingerprint density at radius 3 is 2.74 bits per heavy atom. The van der Waals surface area contributed by atoms with E-state index in [-0.39, 0.29) is 0 Å². The predicted octanol–water partition coefficient (Wildman–Crippen LogP) is 4.01. The van der Waals surface area contributed by atoms with Crippen molar-refractivity contribution in [3.05, 3.63) is 29.3 Å². The van der Waals surface area contributed by atoms with Crippen LogP contribution in [0.5, 0.6) is 0 Å². The van der Waals surface area contributed by atoms with Crippen LogP contribution in [0.2, 0.25) is 0 Å². The lowest BCUT2D eigenvalue weighted by atomic mass is 9.79. The second-order valence-corrected chi connectivity index (χ2v) is 7.10. The number of fused-ring (bicyclic) bond motifs is 1. The van der Waals surface area contributed by atoms with Gasteiger partial charge in [-0.2, -0.15) is 0 Å². The molecule has 1 N–H and O–H groups in total. The molecule has 1 aliphatic carbocycles. The van der Waals surface area contributed by atoms with Gasteiger partial charge in [-0.15, -0.1) is 11.3 Å². The third-order valence-corrected chi connectivity index (χ3v) is 5.71. The van der Waals surface area contributed by atoms with Gasteiger partial charge in [-0.3, -0.25) is 0 Å². The molecule has 19 heavy (non-hydrogen) atoms. The molecule has 0 radical (unpaired) electrons. The molecule has 3 heteroatoms. The fourth-order valence-corrected chi connectivity index (χ4v) is 4.42. The Labute approximate surface area is 119 Å². The van der Waals surface area contributed by atoms with Crippen LogP contribution in [-0.4, -0.2) is 18.1 Å². The van der Waals surface area contributed by atoms with Crippen LogP contribution < -0.4 is 5.32 Å². The maximum Gasteiger partial charge on any atom is 0.0954 e. The molecule has 0 aliphatic heterocycles. The monoisotopic (exact) mass is 274 g/mol. The van der Waals surface area contributed by atoms with Crippen LogP contribution in [0.25, 0.3) is 10.2 Å². The van der Waals surface area contributed by atoms with E-state index in [9.17, 15) is 0 Å². The normalized spacial score (nSPS) is 19.9. The van der Waals surface area contributed by atoms with Crippen molar-refractivity contribution in [2.45, 2.75) is 45.1 Å². The van der Waals surface area contributed by atoms with Crippen molar-refractivity contribution in [2.75, 3.05) is 7.05 Å². The molecule has 0 bridgehead atoms. The number of thiazole rings is 1. The Balaban J connectivity index is 1.82. The van der Waals surface area contributed by atoms with Crippen LogP contribution in [0.3, 0.4) is 0 Å². The van der Waals surface area contributed by atoms with Crippen molar-refractivity contribution >= 4 is 21.6 Å². The highest BCUT2D eigenvalue weighted by atomic mass is 32.1. The quantitative estimate of drug-likeness (QED) is 0.911. The maximum atomic E-state index is 4.78. The largest absolute Gasteiger partial charge is 0.316 e. The van der Waals surface area contributed by atoms with Gasteiger partial charge in [-0.1, -0.05) is 31.9 Å². The Bertz CT molecular complexity index is 522. The van der Waals surface area contributed by atoms with E-state index in [1.54, 1.807) is 0 Å². The number of hydrogen-bond donors (Lipinski definition) is 1. The highest BCUT2D eigenvalue weighted by molar-refractivity contribution is 7.18. The lowest BCUT2D eigenvalue weighted by Crippen LogP contribution is -2.41. The molecule has 0 saturated heterocycles. The van der Waals surface area contributed by atoms with E-state index in [0.29, 0.717) is 11.5 Å². The first-order chi connectivity index (χ1) is 9.21. The summed E-state index contributed by atoms with van der Waals surface area (Å²) in [6, 6.07) is 9.00. The lowest BCUT2D eigenvalue weighted by molar-refractivity contribution is 0.229. The molecule has 1 aliphatic rings. The number of aromatic nitrogens is 1. The number of para-hydroxylation sites is 1. The molecular formula is C16H22N2S. The van der Waals surface area contributed by atoms with Gasteiger partial charge in [0.1, 0.15) is 0 Å². The van der Waals surface area contributed by atoms with Crippen molar-refractivity contribution in [2.24, 2.45) is 5.41 Å². The molecule has 1 unspecified atom stereocenters. The zero-order chi connectivity index (χ0) is 13.3. The van der Waals surface area contributed by atoms with Gasteiger partial charge < -0.3 is 5.32 Å². The molecule has 1 atom stereocenters.